The Labute approximate surface area is 119 Å². The Balaban J connectivity index is 1.84. The fourth-order valence-corrected chi connectivity index (χ4v) is 3.26. The zero-order valence-electron chi connectivity index (χ0n) is 11.6. The summed E-state index contributed by atoms with van der Waals surface area (Å²) in [6.07, 6.45) is 3.56. The zero-order chi connectivity index (χ0) is 14.6. The minimum atomic E-state index is -3.54. The Hall–Kier alpha value is -1.18. The highest BCUT2D eigenvalue weighted by Gasteiger charge is 2.17. The Morgan fingerprint density at radius 3 is 2.65 bits per heavy atom. The average Bonchev–Trinajstić information content (AvgIpc) is 2.41. The normalized spacial score (nSPS) is 18.2. The van der Waals surface area contributed by atoms with Crippen LogP contribution in [0.15, 0.2) is 28.0 Å². The lowest BCUT2D eigenvalue weighted by atomic mass is 9.99. The van der Waals surface area contributed by atoms with Crippen molar-refractivity contribution in [2.75, 3.05) is 26.2 Å². The van der Waals surface area contributed by atoms with Crippen LogP contribution in [0.4, 0.5) is 0 Å². The van der Waals surface area contributed by atoms with Crippen LogP contribution >= 0.6 is 0 Å². The molecule has 0 aromatic carbocycles. The van der Waals surface area contributed by atoms with Gasteiger partial charge >= 0.3 is 0 Å². The summed E-state index contributed by atoms with van der Waals surface area (Å²) in [6, 6.07) is 2.52. The lowest BCUT2D eigenvalue weighted by molar-refractivity contribution is 0.195. The molecule has 112 valence electrons. The lowest BCUT2D eigenvalue weighted by Crippen LogP contribution is -2.39. The van der Waals surface area contributed by atoms with Gasteiger partial charge in [0, 0.05) is 25.4 Å². The van der Waals surface area contributed by atoms with E-state index in [9.17, 15) is 13.2 Å². The summed E-state index contributed by atoms with van der Waals surface area (Å²) in [4.78, 5) is 15.6. The van der Waals surface area contributed by atoms with Crippen LogP contribution in [-0.2, 0) is 10.0 Å². The zero-order valence-corrected chi connectivity index (χ0v) is 12.4. The first-order chi connectivity index (χ1) is 9.47. The highest BCUT2D eigenvalue weighted by Crippen LogP contribution is 2.15. The van der Waals surface area contributed by atoms with Gasteiger partial charge in [0.25, 0.3) is 0 Å². The largest absolute Gasteiger partial charge is 0.328 e. The summed E-state index contributed by atoms with van der Waals surface area (Å²) in [5, 5.41) is 0. The topological polar surface area (TPSA) is 82.3 Å². The molecule has 0 bridgehead atoms. The number of aromatic nitrogens is 1. The number of aromatic amines is 1. The van der Waals surface area contributed by atoms with E-state index in [2.05, 4.69) is 21.5 Å². The van der Waals surface area contributed by atoms with E-state index in [0.29, 0.717) is 6.54 Å². The third-order valence-corrected chi connectivity index (χ3v) is 5.12. The standard InChI is InChI=1S/C13H21N3O3S/c1-11-4-7-16(8-5-11)9-6-15-20(18,19)12-2-3-13(17)14-10-12/h2-3,10-11,15H,4-9H2,1H3,(H,14,17). The molecule has 6 nitrogen and oxygen atoms in total. The smallest absolute Gasteiger partial charge is 0.247 e. The number of pyridine rings is 1. The number of nitrogens with one attached hydrogen (secondary N) is 2. The maximum Gasteiger partial charge on any atom is 0.247 e. The highest BCUT2D eigenvalue weighted by atomic mass is 32.2. The van der Waals surface area contributed by atoms with Crippen LogP contribution in [0.25, 0.3) is 0 Å². The molecule has 1 aliphatic rings. The molecule has 7 heteroatoms. The highest BCUT2D eigenvalue weighted by molar-refractivity contribution is 7.89. The SMILES string of the molecule is CC1CCN(CCNS(=O)(=O)c2ccc(=O)[nH]c2)CC1. The molecule has 1 aromatic rings. The van der Waals surface area contributed by atoms with Crippen molar-refractivity contribution in [2.24, 2.45) is 5.92 Å². The van der Waals surface area contributed by atoms with Crippen LogP contribution in [0.5, 0.6) is 0 Å². The van der Waals surface area contributed by atoms with Crippen molar-refractivity contribution in [1.29, 1.82) is 0 Å². The van der Waals surface area contributed by atoms with Crippen molar-refractivity contribution in [2.45, 2.75) is 24.7 Å². The molecule has 1 saturated heterocycles. The number of likely N-dealkylation sites (tertiary alicyclic amines) is 1. The van der Waals surface area contributed by atoms with E-state index in [0.717, 1.165) is 25.6 Å². The molecule has 1 aromatic heterocycles. The predicted molar refractivity (Wildman–Crippen MR) is 77.1 cm³/mol. The minimum absolute atomic E-state index is 0.0874. The Kier molecular flexibility index (Phi) is 4.95. The van der Waals surface area contributed by atoms with Crippen molar-refractivity contribution < 1.29 is 8.42 Å². The molecular formula is C13H21N3O3S. The van der Waals surface area contributed by atoms with Crippen LogP contribution in [0.1, 0.15) is 19.8 Å². The second-order valence-corrected chi connectivity index (χ2v) is 7.08. The predicted octanol–water partition coefficient (Wildman–Crippen LogP) is 0.385. The molecule has 1 aliphatic heterocycles. The first-order valence-electron chi connectivity index (χ1n) is 6.88. The average molecular weight is 299 g/mol. The number of sulfonamides is 1. The molecule has 0 spiro atoms. The number of hydrogen-bond donors (Lipinski definition) is 2. The molecule has 2 N–H and O–H groups in total. The number of nitrogens with zero attached hydrogens (tertiary/aromatic N) is 1. The molecule has 1 fully saturated rings. The number of hydrogen-bond acceptors (Lipinski definition) is 4. The summed E-state index contributed by atoms with van der Waals surface area (Å²) in [6.45, 7) is 5.41. The van der Waals surface area contributed by atoms with Gasteiger partial charge < -0.3 is 9.88 Å². The molecule has 2 heterocycles. The van der Waals surface area contributed by atoms with Gasteiger partial charge in [-0.05, 0) is 37.9 Å². The molecule has 20 heavy (non-hydrogen) atoms. The maximum atomic E-state index is 12.0. The molecule has 0 radical (unpaired) electrons. The first kappa shape index (κ1) is 15.2. The van der Waals surface area contributed by atoms with Crippen molar-refractivity contribution >= 4 is 10.0 Å². The van der Waals surface area contributed by atoms with Gasteiger partial charge in [-0.3, -0.25) is 4.79 Å². The van der Waals surface area contributed by atoms with Gasteiger partial charge in [0.1, 0.15) is 0 Å². The summed E-state index contributed by atoms with van der Waals surface area (Å²) >= 11 is 0. The van der Waals surface area contributed by atoms with Gasteiger partial charge in [-0.1, -0.05) is 6.92 Å². The van der Waals surface area contributed by atoms with E-state index in [-0.39, 0.29) is 10.5 Å². The summed E-state index contributed by atoms with van der Waals surface area (Å²) in [5.74, 6) is 0.768. The molecule has 0 atom stereocenters. The van der Waals surface area contributed by atoms with Crippen LogP contribution in [-0.4, -0.2) is 44.5 Å². The first-order valence-corrected chi connectivity index (χ1v) is 8.36. The molecule has 0 unspecified atom stereocenters. The van der Waals surface area contributed by atoms with Crippen molar-refractivity contribution in [1.82, 2.24) is 14.6 Å². The van der Waals surface area contributed by atoms with Gasteiger partial charge in [-0.25, -0.2) is 13.1 Å². The van der Waals surface area contributed by atoms with Gasteiger partial charge in [0.2, 0.25) is 15.6 Å². The van der Waals surface area contributed by atoms with Crippen LogP contribution in [0.2, 0.25) is 0 Å². The number of H-pyrrole nitrogens is 1. The summed E-state index contributed by atoms with van der Waals surface area (Å²) < 4.78 is 26.5. The fraction of sp³-hybridized carbons (Fsp3) is 0.615. The minimum Gasteiger partial charge on any atom is -0.328 e. The monoisotopic (exact) mass is 299 g/mol. The van der Waals surface area contributed by atoms with E-state index >= 15 is 0 Å². The third kappa shape index (κ3) is 4.16. The molecule has 0 saturated carbocycles. The van der Waals surface area contributed by atoms with Crippen molar-refractivity contribution in [3.05, 3.63) is 28.7 Å². The van der Waals surface area contributed by atoms with E-state index in [1.807, 2.05) is 0 Å². The fourth-order valence-electron chi connectivity index (χ4n) is 2.27. The Morgan fingerprint density at radius 2 is 2.05 bits per heavy atom. The Morgan fingerprint density at radius 1 is 1.35 bits per heavy atom. The van der Waals surface area contributed by atoms with E-state index in [1.54, 1.807) is 0 Å². The maximum absolute atomic E-state index is 12.0. The molecule has 0 aliphatic carbocycles. The van der Waals surface area contributed by atoms with E-state index < -0.39 is 10.0 Å². The second-order valence-electron chi connectivity index (χ2n) is 5.31. The van der Waals surface area contributed by atoms with Crippen LogP contribution in [0, 0.1) is 5.92 Å². The molecular weight excluding hydrogens is 278 g/mol. The van der Waals surface area contributed by atoms with Gasteiger partial charge in [-0.2, -0.15) is 0 Å². The van der Waals surface area contributed by atoms with Gasteiger partial charge in [-0.15, -0.1) is 0 Å². The third-order valence-electron chi connectivity index (χ3n) is 3.66. The van der Waals surface area contributed by atoms with Gasteiger partial charge in [0.05, 0.1) is 4.90 Å². The van der Waals surface area contributed by atoms with Crippen molar-refractivity contribution in [3.63, 3.8) is 0 Å². The van der Waals surface area contributed by atoms with E-state index in [4.69, 9.17) is 0 Å². The van der Waals surface area contributed by atoms with Crippen molar-refractivity contribution in [3.8, 4) is 0 Å². The summed E-state index contributed by atoms with van der Waals surface area (Å²) in [5.41, 5.74) is -0.314. The molecule has 2 rings (SSSR count). The molecule has 0 amide bonds. The number of rotatable bonds is 5. The van der Waals surface area contributed by atoms with Gasteiger partial charge in [0.15, 0.2) is 0 Å². The quantitative estimate of drug-likeness (QED) is 0.824. The second kappa shape index (κ2) is 6.51. The lowest BCUT2D eigenvalue weighted by Gasteiger charge is -2.30. The van der Waals surface area contributed by atoms with Crippen LogP contribution < -0.4 is 10.3 Å². The Bertz CT molecular complexity index is 569. The van der Waals surface area contributed by atoms with E-state index in [1.165, 1.54) is 31.2 Å². The number of piperidine rings is 1. The van der Waals surface area contributed by atoms with Crippen LogP contribution in [0.3, 0.4) is 0 Å². The summed E-state index contributed by atoms with van der Waals surface area (Å²) in [7, 11) is -3.54.